The Hall–Kier alpha value is -1.10. The zero-order valence-electron chi connectivity index (χ0n) is 13.1. The lowest BCUT2D eigenvalue weighted by Crippen LogP contribution is -2.48. The van der Waals surface area contributed by atoms with Crippen molar-refractivity contribution in [3.8, 4) is 0 Å². The molecule has 4 nitrogen and oxygen atoms in total. The Morgan fingerprint density at radius 1 is 1.36 bits per heavy atom. The third-order valence-corrected chi connectivity index (χ3v) is 4.78. The van der Waals surface area contributed by atoms with E-state index in [1.54, 1.807) is 0 Å². The van der Waals surface area contributed by atoms with Crippen molar-refractivity contribution in [1.82, 2.24) is 4.90 Å². The molecule has 2 aliphatic rings. The molecule has 1 N–H and O–H groups in total. The summed E-state index contributed by atoms with van der Waals surface area (Å²) in [5.41, 5.74) is 1.36. The van der Waals surface area contributed by atoms with E-state index in [0.717, 1.165) is 48.6 Å². The zero-order chi connectivity index (χ0) is 15.7. The van der Waals surface area contributed by atoms with Gasteiger partial charge in [0.1, 0.15) is 6.10 Å². The molecule has 2 unspecified atom stereocenters. The summed E-state index contributed by atoms with van der Waals surface area (Å²) in [5, 5.41) is 15.3. The number of nitrogens with zero attached hydrogens (tertiary/aromatic N) is 2. The number of aliphatic hydroxyl groups is 1. The number of halogens is 1. The highest BCUT2D eigenvalue weighted by Gasteiger charge is 2.38. The van der Waals surface area contributed by atoms with Gasteiger partial charge < -0.3 is 9.94 Å². The highest BCUT2D eigenvalue weighted by molar-refractivity contribution is 6.30. The van der Waals surface area contributed by atoms with Gasteiger partial charge in [-0.3, -0.25) is 4.90 Å². The Labute approximate surface area is 136 Å². The van der Waals surface area contributed by atoms with Gasteiger partial charge in [-0.15, -0.1) is 0 Å². The number of hydrogen-bond donors (Lipinski definition) is 1. The molecule has 0 bridgehead atoms. The minimum atomic E-state index is -0.672. The van der Waals surface area contributed by atoms with Crippen LogP contribution >= 0.6 is 11.6 Å². The van der Waals surface area contributed by atoms with E-state index < -0.39 is 5.60 Å². The average molecular weight is 323 g/mol. The molecule has 120 valence electrons. The molecule has 0 spiro atoms. The average Bonchev–Trinajstić information content (AvgIpc) is 3.09. The van der Waals surface area contributed by atoms with Crippen molar-refractivity contribution < 1.29 is 9.94 Å². The number of likely N-dealkylation sites (tertiary alicyclic amines) is 1. The Kier molecular flexibility index (Phi) is 4.44. The summed E-state index contributed by atoms with van der Waals surface area (Å²) in [7, 11) is 0. The molecular formula is C17H23ClN2O2. The fourth-order valence-electron chi connectivity index (χ4n) is 3.45. The van der Waals surface area contributed by atoms with Crippen LogP contribution in [0.5, 0.6) is 0 Å². The van der Waals surface area contributed by atoms with Crippen LogP contribution in [0.3, 0.4) is 0 Å². The molecule has 1 aromatic rings. The third kappa shape index (κ3) is 3.45. The largest absolute Gasteiger partial charge is 0.390 e. The van der Waals surface area contributed by atoms with Gasteiger partial charge in [0, 0.05) is 24.0 Å². The summed E-state index contributed by atoms with van der Waals surface area (Å²) in [5.74, 6) is 0. The molecule has 5 heteroatoms. The summed E-state index contributed by atoms with van der Waals surface area (Å²) in [6, 6.07) is 7.90. The molecule has 22 heavy (non-hydrogen) atoms. The van der Waals surface area contributed by atoms with Crippen molar-refractivity contribution in [3.05, 3.63) is 34.9 Å². The lowest BCUT2D eigenvalue weighted by molar-refractivity contribution is -0.0234. The predicted molar refractivity (Wildman–Crippen MR) is 88.4 cm³/mol. The van der Waals surface area contributed by atoms with Crippen LogP contribution in [0.15, 0.2) is 29.4 Å². The van der Waals surface area contributed by atoms with Crippen LogP contribution in [0.4, 0.5) is 0 Å². The Morgan fingerprint density at radius 3 is 2.77 bits per heavy atom. The van der Waals surface area contributed by atoms with Crippen molar-refractivity contribution in [2.75, 3.05) is 13.1 Å². The molecule has 1 fully saturated rings. The van der Waals surface area contributed by atoms with E-state index in [-0.39, 0.29) is 12.1 Å². The van der Waals surface area contributed by atoms with Crippen LogP contribution in [0.2, 0.25) is 5.02 Å². The first-order valence-electron chi connectivity index (χ1n) is 7.88. The quantitative estimate of drug-likeness (QED) is 0.926. The second-order valence-corrected chi connectivity index (χ2v) is 7.22. The Morgan fingerprint density at radius 2 is 2.09 bits per heavy atom. The minimum absolute atomic E-state index is 0.0635. The smallest absolute Gasteiger partial charge is 0.145 e. The summed E-state index contributed by atoms with van der Waals surface area (Å²) >= 11 is 5.92. The van der Waals surface area contributed by atoms with E-state index in [2.05, 4.69) is 10.1 Å². The van der Waals surface area contributed by atoms with Crippen molar-refractivity contribution >= 4 is 17.3 Å². The number of hydrogen-bond acceptors (Lipinski definition) is 4. The Balaban J connectivity index is 1.59. The van der Waals surface area contributed by atoms with Crippen LogP contribution in [0, 0.1) is 0 Å². The van der Waals surface area contributed by atoms with Crippen molar-refractivity contribution in [2.45, 2.75) is 50.9 Å². The second kappa shape index (κ2) is 6.19. The molecule has 2 heterocycles. The second-order valence-electron chi connectivity index (χ2n) is 6.78. The monoisotopic (exact) mass is 322 g/mol. The lowest BCUT2D eigenvalue weighted by atomic mass is 9.96. The molecule has 0 amide bonds. The molecular weight excluding hydrogens is 300 g/mol. The van der Waals surface area contributed by atoms with E-state index in [0.29, 0.717) is 0 Å². The van der Waals surface area contributed by atoms with Gasteiger partial charge in [-0.2, -0.15) is 0 Å². The summed E-state index contributed by atoms with van der Waals surface area (Å²) in [6.07, 6.45) is 3.04. The SMILES string of the molecule is CC(C)(O)C1CCCN1CC1CC(c2ccc(Cl)cc2)=NO1. The molecule has 1 saturated heterocycles. The van der Waals surface area contributed by atoms with Crippen LogP contribution in [0.1, 0.15) is 38.7 Å². The number of oxime groups is 1. The van der Waals surface area contributed by atoms with Crippen molar-refractivity contribution in [2.24, 2.45) is 5.16 Å². The molecule has 0 aromatic heterocycles. The van der Waals surface area contributed by atoms with E-state index in [1.165, 1.54) is 0 Å². The molecule has 3 rings (SSSR count). The van der Waals surface area contributed by atoms with Crippen LogP contribution in [-0.2, 0) is 4.84 Å². The topological polar surface area (TPSA) is 45.1 Å². The van der Waals surface area contributed by atoms with Gasteiger partial charge in [-0.1, -0.05) is 28.9 Å². The Bertz CT molecular complexity index is 551. The lowest BCUT2D eigenvalue weighted by Gasteiger charge is -2.34. The molecule has 2 atom stereocenters. The first-order chi connectivity index (χ1) is 10.4. The van der Waals surface area contributed by atoms with Crippen molar-refractivity contribution in [3.63, 3.8) is 0 Å². The molecule has 0 aliphatic carbocycles. The van der Waals surface area contributed by atoms with Crippen LogP contribution in [0.25, 0.3) is 0 Å². The highest BCUT2D eigenvalue weighted by atomic mass is 35.5. The maximum absolute atomic E-state index is 10.3. The maximum Gasteiger partial charge on any atom is 0.145 e. The molecule has 0 saturated carbocycles. The van der Waals surface area contributed by atoms with Gasteiger partial charge in [0.2, 0.25) is 0 Å². The van der Waals surface area contributed by atoms with E-state index >= 15 is 0 Å². The zero-order valence-corrected chi connectivity index (χ0v) is 13.9. The van der Waals surface area contributed by atoms with E-state index in [4.69, 9.17) is 16.4 Å². The van der Waals surface area contributed by atoms with Gasteiger partial charge in [0.05, 0.1) is 11.3 Å². The third-order valence-electron chi connectivity index (χ3n) is 4.53. The highest BCUT2D eigenvalue weighted by Crippen LogP contribution is 2.28. The van der Waals surface area contributed by atoms with Crippen molar-refractivity contribution in [1.29, 1.82) is 0 Å². The summed E-state index contributed by atoms with van der Waals surface area (Å²) < 4.78 is 0. The number of benzene rings is 1. The van der Waals surface area contributed by atoms with Crippen LogP contribution < -0.4 is 0 Å². The standard InChI is InChI=1S/C17H23ClN2O2/c1-17(2,21)16-4-3-9-20(16)11-14-10-15(19-22-14)12-5-7-13(18)8-6-12/h5-8,14,16,21H,3-4,9-11H2,1-2H3. The predicted octanol–water partition coefficient (Wildman–Crippen LogP) is 3.07. The minimum Gasteiger partial charge on any atom is -0.390 e. The molecule has 2 aliphatic heterocycles. The van der Waals surface area contributed by atoms with Gasteiger partial charge in [-0.05, 0) is 50.9 Å². The number of rotatable bonds is 4. The van der Waals surface area contributed by atoms with E-state index in [1.807, 2.05) is 38.1 Å². The molecule has 1 aromatic carbocycles. The fourth-order valence-corrected chi connectivity index (χ4v) is 3.57. The first kappa shape index (κ1) is 15.8. The summed E-state index contributed by atoms with van der Waals surface area (Å²) in [6.45, 7) is 5.61. The normalized spacial score (nSPS) is 26.1. The van der Waals surface area contributed by atoms with E-state index in [9.17, 15) is 5.11 Å². The first-order valence-corrected chi connectivity index (χ1v) is 8.26. The summed E-state index contributed by atoms with van der Waals surface area (Å²) in [4.78, 5) is 7.94. The maximum atomic E-state index is 10.3. The van der Waals surface area contributed by atoms with Gasteiger partial charge in [-0.25, -0.2) is 0 Å². The fraction of sp³-hybridized carbons (Fsp3) is 0.588. The van der Waals surface area contributed by atoms with Crippen LogP contribution in [-0.4, -0.2) is 46.6 Å². The van der Waals surface area contributed by atoms with Gasteiger partial charge in [0.25, 0.3) is 0 Å². The van der Waals surface area contributed by atoms with Gasteiger partial charge in [0.15, 0.2) is 0 Å². The molecule has 0 radical (unpaired) electrons. The van der Waals surface area contributed by atoms with Gasteiger partial charge >= 0.3 is 0 Å².